The van der Waals surface area contributed by atoms with Gasteiger partial charge in [0.1, 0.15) is 16.8 Å². The summed E-state index contributed by atoms with van der Waals surface area (Å²) in [7, 11) is 0. The van der Waals surface area contributed by atoms with E-state index in [2.05, 4.69) is 4.98 Å². The third-order valence-corrected chi connectivity index (χ3v) is 2.62. The van der Waals surface area contributed by atoms with E-state index in [0.29, 0.717) is 5.69 Å². The van der Waals surface area contributed by atoms with Crippen molar-refractivity contribution in [1.29, 1.82) is 5.26 Å². The number of halogens is 1. The van der Waals surface area contributed by atoms with Gasteiger partial charge in [-0.3, -0.25) is 0 Å². The predicted molar refractivity (Wildman–Crippen MR) is 68.6 cm³/mol. The standard InChI is InChI=1S/C13H15ClN2O2/c1-5-18-12(17)8-6-10(13(2,3)4)16-11(14)9(8)7-15/h6H,5H2,1-4H3. The molecule has 1 heterocycles. The zero-order valence-corrected chi connectivity index (χ0v) is 11.6. The van der Waals surface area contributed by atoms with Crippen molar-refractivity contribution in [3.05, 3.63) is 28.0 Å². The highest BCUT2D eigenvalue weighted by Gasteiger charge is 2.23. The van der Waals surface area contributed by atoms with Crippen molar-refractivity contribution in [2.75, 3.05) is 6.61 Å². The fourth-order valence-corrected chi connectivity index (χ4v) is 1.61. The van der Waals surface area contributed by atoms with E-state index in [4.69, 9.17) is 21.6 Å². The molecule has 0 aliphatic heterocycles. The van der Waals surface area contributed by atoms with Crippen molar-refractivity contribution in [1.82, 2.24) is 4.98 Å². The van der Waals surface area contributed by atoms with Crippen LogP contribution in [0.4, 0.5) is 0 Å². The first kappa shape index (κ1) is 14.5. The molecule has 0 bridgehead atoms. The third-order valence-electron chi connectivity index (χ3n) is 2.35. The molecule has 18 heavy (non-hydrogen) atoms. The summed E-state index contributed by atoms with van der Waals surface area (Å²) >= 11 is 5.94. The van der Waals surface area contributed by atoms with E-state index >= 15 is 0 Å². The van der Waals surface area contributed by atoms with Crippen LogP contribution in [0.2, 0.25) is 5.15 Å². The number of hydrogen-bond donors (Lipinski definition) is 0. The number of rotatable bonds is 2. The van der Waals surface area contributed by atoms with Crippen LogP contribution < -0.4 is 0 Å². The lowest BCUT2D eigenvalue weighted by Crippen LogP contribution is -2.17. The molecule has 1 aromatic heterocycles. The fraction of sp³-hybridized carbons (Fsp3) is 0.462. The molecular formula is C13H15ClN2O2. The smallest absolute Gasteiger partial charge is 0.339 e. The minimum absolute atomic E-state index is 0.0352. The first-order valence-electron chi connectivity index (χ1n) is 5.59. The van der Waals surface area contributed by atoms with E-state index in [1.807, 2.05) is 26.8 Å². The molecule has 96 valence electrons. The third kappa shape index (κ3) is 2.99. The average molecular weight is 267 g/mol. The molecule has 0 amide bonds. The minimum atomic E-state index is -0.552. The van der Waals surface area contributed by atoms with Gasteiger partial charge in [0.2, 0.25) is 0 Å². The SMILES string of the molecule is CCOC(=O)c1cc(C(C)(C)C)nc(Cl)c1C#N. The Bertz CT molecular complexity index is 513. The zero-order chi connectivity index (χ0) is 13.9. The quantitative estimate of drug-likeness (QED) is 0.610. The van der Waals surface area contributed by atoms with Gasteiger partial charge in [-0.25, -0.2) is 9.78 Å². The van der Waals surface area contributed by atoms with E-state index in [9.17, 15) is 4.79 Å². The lowest BCUT2D eigenvalue weighted by atomic mass is 9.90. The van der Waals surface area contributed by atoms with Gasteiger partial charge in [-0.15, -0.1) is 0 Å². The molecular weight excluding hydrogens is 252 g/mol. The number of carbonyl (C=O) groups is 1. The largest absolute Gasteiger partial charge is 0.462 e. The molecule has 0 aromatic carbocycles. The van der Waals surface area contributed by atoms with Crippen LogP contribution in [0.15, 0.2) is 6.07 Å². The van der Waals surface area contributed by atoms with Gasteiger partial charge in [0.25, 0.3) is 0 Å². The number of esters is 1. The van der Waals surface area contributed by atoms with Crippen molar-refractivity contribution < 1.29 is 9.53 Å². The van der Waals surface area contributed by atoms with Crippen LogP contribution in [0.25, 0.3) is 0 Å². The van der Waals surface area contributed by atoms with E-state index in [0.717, 1.165) is 0 Å². The molecule has 0 saturated heterocycles. The topological polar surface area (TPSA) is 63.0 Å². The number of pyridine rings is 1. The van der Waals surface area contributed by atoms with Crippen molar-refractivity contribution >= 4 is 17.6 Å². The summed E-state index contributed by atoms with van der Waals surface area (Å²) in [5.74, 6) is -0.552. The number of nitriles is 1. The molecule has 0 radical (unpaired) electrons. The molecule has 0 spiro atoms. The van der Waals surface area contributed by atoms with Crippen molar-refractivity contribution in [2.24, 2.45) is 0 Å². The monoisotopic (exact) mass is 266 g/mol. The van der Waals surface area contributed by atoms with E-state index in [1.54, 1.807) is 13.0 Å². The van der Waals surface area contributed by atoms with Crippen LogP contribution in [-0.2, 0) is 10.2 Å². The predicted octanol–water partition coefficient (Wildman–Crippen LogP) is 3.08. The maximum Gasteiger partial charge on any atom is 0.339 e. The van der Waals surface area contributed by atoms with Crippen molar-refractivity contribution in [3.8, 4) is 6.07 Å². The minimum Gasteiger partial charge on any atom is -0.462 e. The Morgan fingerprint density at radius 3 is 2.61 bits per heavy atom. The van der Waals surface area contributed by atoms with Crippen LogP contribution in [0.5, 0.6) is 0 Å². The maximum absolute atomic E-state index is 11.8. The van der Waals surface area contributed by atoms with E-state index in [-0.39, 0.29) is 28.3 Å². The molecule has 0 atom stereocenters. The highest BCUT2D eigenvalue weighted by atomic mass is 35.5. The van der Waals surface area contributed by atoms with Gasteiger partial charge in [-0.05, 0) is 13.0 Å². The molecule has 0 saturated carbocycles. The van der Waals surface area contributed by atoms with Gasteiger partial charge in [-0.2, -0.15) is 5.26 Å². The fourth-order valence-electron chi connectivity index (χ4n) is 1.37. The number of ether oxygens (including phenoxy) is 1. The molecule has 0 aliphatic carbocycles. The Morgan fingerprint density at radius 2 is 2.17 bits per heavy atom. The number of carbonyl (C=O) groups excluding carboxylic acids is 1. The highest BCUT2D eigenvalue weighted by Crippen LogP contribution is 2.26. The second kappa shape index (κ2) is 5.36. The Kier molecular flexibility index (Phi) is 4.31. The van der Waals surface area contributed by atoms with E-state index in [1.165, 1.54) is 0 Å². The van der Waals surface area contributed by atoms with Gasteiger partial charge in [0, 0.05) is 11.1 Å². The summed E-state index contributed by atoms with van der Waals surface area (Å²) in [6.07, 6.45) is 0. The van der Waals surface area contributed by atoms with Crippen LogP contribution in [0.3, 0.4) is 0 Å². The summed E-state index contributed by atoms with van der Waals surface area (Å²) in [5, 5.41) is 9.06. The summed E-state index contributed by atoms with van der Waals surface area (Å²) < 4.78 is 4.92. The normalized spacial score (nSPS) is 10.9. The summed E-state index contributed by atoms with van der Waals surface area (Å²) in [6.45, 7) is 7.80. The van der Waals surface area contributed by atoms with Crippen LogP contribution in [-0.4, -0.2) is 17.6 Å². The molecule has 0 unspecified atom stereocenters. The van der Waals surface area contributed by atoms with Gasteiger partial charge >= 0.3 is 5.97 Å². The first-order valence-corrected chi connectivity index (χ1v) is 5.97. The summed E-state index contributed by atoms with van der Waals surface area (Å²) in [4.78, 5) is 15.9. The van der Waals surface area contributed by atoms with Crippen LogP contribution in [0.1, 0.15) is 49.3 Å². The second-order valence-corrected chi connectivity index (χ2v) is 5.16. The van der Waals surface area contributed by atoms with E-state index < -0.39 is 5.97 Å². The number of hydrogen-bond acceptors (Lipinski definition) is 4. The number of aromatic nitrogens is 1. The molecule has 1 rings (SSSR count). The second-order valence-electron chi connectivity index (χ2n) is 4.80. The Morgan fingerprint density at radius 1 is 1.56 bits per heavy atom. The lowest BCUT2D eigenvalue weighted by molar-refractivity contribution is 0.0525. The summed E-state index contributed by atoms with van der Waals surface area (Å²) in [5.41, 5.74) is 0.612. The van der Waals surface area contributed by atoms with Crippen LogP contribution >= 0.6 is 11.6 Å². The Balaban J connectivity index is 3.43. The molecule has 1 aromatic rings. The van der Waals surface area contributed by atoms with Crippen LogP contribution in [0, 0.1) is 11.3 Å². The highest BCUT2D eigenvalue weighted by molar-refractivity contribution is 6.31. The van der Waals surface area contributed by atoms with Gasteiger partial charge in [-0.1, -0.05) is 32.4 Å². The molecule has 4 nitrogen and oxygen atoms in total. The maximum atomic E-state index is 11.8. The van der Waals surface area contributed by atoms with Crippen molar-refractivity contribution in [3.63, 3.8) is 0 Å². The zero-order valence-electron chi connectivity index (χ0n) is 10.9. The average Bonchev–Trinajstić information content (AvgIpc) is 2.27. The first-order chi connectivity index (χ1) is 8.31. The molecule has 0 N–H and O–H groups in total. The Labute approximate surface area is 112 Å². The Hall–Kier alpha value is -1.60. The summed E-state index contributed by atoms with van der Waals surface area (Å²) in [6, 6.07) is 3.46. The molecule has 0 aliphatic rings. The van der Waals surface area contributed by atoms with Gasteiger partial charge in [0.05, 0.1) is 12.2 Å². The van der Waals surface area contributed by atoms with Gasteiger partial charge in [0.15, 0.2) is 0 Å². The van der Waals surface area contributed by atoms with Gasteiger partial charge < -0.3 is 4.74 Å². The van der Waals surface area contributed by atoms with Crippen molar-refractivity contribution in [2.45, 2.75) is 33.1 Å². The molecule has 0 fully saturated rings. The molecule has 5 heteroatoms. The number of nitrogens with zero attached hydrogens (tertiary/aromatic N) is 2. The lowest BCUT2D eigenvalue weighted by Gasteiger charge is -2.19.